The van der Waals surface area contributed by atoms with Gasteiger partial charge in [-0.05, 0) is 36.4 Å². The van der Waals surface area contributed by atoms with Crippen molar-refractivity contribution in [1.82, 2.24) is 0 Å². The molecular weight excluding hydrogens is 308 g/mol. The highest BCUT2D eigenvalue weighted by atomic mass is 28.3. The lowest BCUT2D eigenvalue weighted by Gasteiger charge is -2.27. The molecule has 2 aromatic carbocycles. The van der Waals surface area contributed by atoms with Crippen LogP contribution in [0.25, 0.3) is 0 Å². The lowest BCUT2D eigenvalue weighted by molar-refractivity contribution is 0.101. The number of benzene rings is 2. The maximum Gasteiger partial charge on any atom is 0.159 e. The zero-order valence-corrected chi connectivity index (χ0v) is 16.3. The summed E-state index contributed by atoms with van der Waals surface area (Å²) in [6.45, 7) is 8.82. The summed E-state index contributed by atoms with van der Waals surface area (Å²) in [6.07, 6.45) is 6.86. The fraction of sp³-hybridized carbons (Fsp3) is 0.318. The second-order valence-electron chi connectivity index (χ2n) is 7.47. The SMILES string of the molecule is CC(=O)c1ccc(C(/C=C/CCc2ccccc2)[Si](C)(C)C)cc1. The third-order valence-electron chi connectivity index (χ3n) is 4.38. The molecule has 0 aliphatic carbocycles. The van der Waals surface area contributed by atoms with E-state index in [1.165, 1.54) is 11.1 Å². The van der Waals surface area contributed by atoms with Gasteiger partial charge in [0.2, 0.25) is 0 Å². The summed E-state index contributed by atoms with van der Waals surface area (Å²) in [6, 6.07) is 18.8. The van der Waals surface area contributed by atoms with Gasteiger partial charge in [0.25, 0.3) is 0 Å². The summed E-state index contributed by atoms with van der Waals surface area (Å²) in [5, 5.41) is 0. The number of aryl methyl sites for hydroxylation is 1. The predicted octanol–water partition coefficient (Wildman–Crippen LogP) is 6.04. The summed E-state index contributed by atoms with van der Waals surface area (Å²) in [4.78, 5) is 11.5. The third-order valence-corrected chi connectivity index (χ3v) is 6.77. The molecular formula is C22H28OSi. The van der Waals surface area contributed by atoms with Crippen LogP contribution < -0.4 is 0 Å². The Kier molecular flexibility index (Phi) is 6.33. The summed E-state index contributed by atoms with van der Waals surface area (Å²) in [5.74, 6) is 0.129. The maximum absolute atomic E-state index is 11.5. The van der Waals surface area contributed by atoms with Gasteiger partial charge in [0, 0.05) is 5.56 Å². The van der Waals surface area contributed by atoms with Gasteiger partial charge in [-0.1, -0.05) is 86.4 Å². The topological polar surface area (TPSA) is 17.1 Å². The van der Waals surface area contributed by atoms with Crippen LogP contribution in [-0.2, 0) is 6.42 Å². The number of Topliss-reactive ketones (excluding diaryl/α,β-unsaturated/α-hetero) is 1. The number of carbonyl (C=O) groups is 1. The number of allylic oxidation sites excluding steroid dienone is 2. The average molecular weight is 337 g/mol. The fourth-order valence-electron chi connectivity index (χ4n) is 2.95. The molecule has 0 aliphatic heterocycles. The first-order valence-electron chi connectivity index (χ1n) is 8.69. The van der Waals surface area contributed by atoms with Crippen LogP contribution in [0.3, 0.4) is 0 Å². The lowest BCUT2D eigenvalue weighted by Crippen LogP contribution is -2.29. The molecule has 0 radical (unpaired) electrons. The number of hydrogen-bond donors (Lipinski definition) is 0. The van der Waals surface area contributed by atoms with Crippen LogP contribution in [-0.4, -0.2) is 13.9 Å². The van der Waals surface area contributed by atoms with E-state index >= 15 is 0 Å². The monoisotopic (exact) mass is 336 g/mol. The molecule has 0 aliphatic rings. The smallest absolute Gasteiger partial charge is 0.159 e. The second kappa shape index (κ2) is 8.25. The molecule has 1 unspecified atom stereocenters. The van der Waals surface area contributed by atoms with E-state index in [0.717, 1.165) is 18.4 Å². The Balaban J connectivity index is 2.08. The Hall–Kier alpha value is -1.93. The Morgan fingerprint density at radius 1 is 1.00 bits per heavy atom. The van der Waals surface area contributed by atoms with Gasteiger partial charge in [-0.3, -0.25) is 4.79 Å². The van der Waals surface area contributed by atoms with Gasteiger partial charge < -0.3 is 0 Å². The van der Waals surface area contributed by atoms with Crippen molar-refractivity contribution in [3.05, 3.63) is 83.4 Å². The average Bonchev–Trinajstić information content (AvgIpc) is 2.54. The lowest BCUT2D eigenvalue weighted by atomic mass is 10.1. The van der Waals surface area contributed by atoms with E-state index in [2.05, 4.69) is 74.3 Å². The highest BCUT2D eigenvalue weighted by Crippen LogP contribution is 2.29. The van der Waals surface area contributed by atoms with Crippen molar-refractivity contribution in [3.63, 3.8) is 0 Å². The van der Waals surface area contributed by atoms with Crippen LogP contribution in [0, 0.1) is 0 Å². The molecule has 0 bridgehead atoms. The molecule has 2 rings (SSSR count). The first-order chi connectivity index (χ1) is 11.4. The van der Waals surface area contributed by atoms with E-state index in [1.807, 2.05) is 12.1 Å². The quantitative estimate of drug-likeness (QED) is 0.342. The minimum Gasteiger partial charge on any atom is -0.295 e. The second-order valence-corrected chi connectivity index (χ2v) is 12.8. The van der Waals surface area contributed by atoms with Crippen LogP contribution in [0.1, 0.15) is 40.4 Å². The largest absolute Gasteiger partial charge is 0.295 e. The predicted molar refractivity (Wildman–Crippen MR) is 106 cm³/mol. The molecule has 0 heterocycles. The van der Waals surface area contributed by atoms with Gasteiger partial charge in [-0.25, -0.2) is 0 Å². The van der Waals surface area contributed by atoms with Gasteiger partial charge >= 0.3 is 0 Å². The number of hydrogen-bond acceptors (Lipinski definition) is 1. The molecule has 0 spiro atoms. The Morgan fingerprint density at radius 2 is 1.62 bits per heavy atom. The number of rotatable bonds is 7. The molecule has 0 N–H and O–H groups in total. The van der Waals surface area contributed by atoms with Crippen molar-refractivity contribution < 1.29 is 4.79 Å². The zero-order chi connectivity index (χ0) is 17.6. The summed E-state index contributed by atoms with van der Waals surface area (Å²) < 4.78 is 0. The summed E-state index contributed by atoms with van der Waals surface area (Å²) >= 11 is 0. The minimum atomic E-state index is -1.37. The third kappa shape index (κ3) is 5.31. The first-order valence-corrected chi connectivity index (χ1v) is 12.3. The van der Waals surface area contributed by atoms with Gasteiger partial charge in [0.05, 0.1) is 8.07 Å². The first kappa shape index (κ1) is 18.4. The van der Waals surface area contributed by atoms with Crippen LogP contribution >= 0.6 is 0 Å². The highest BCUT2D eigenvalue weighted by molar-refractivity contribution is 6.78. The number of ketones is 1. The zero-order valence-electron chi connectivity index (χ0n) is 15.3. The molecule has 1 nitrogen and oxygen atoms in total. The van der Waals surface area contributed by atoms with Crippen LogP contribution in [0.4, 0.5) is 0 Å². The van der Waals surface area contributed by atoms with E-state index in [1.54, 1.807) is 6.92 Å². The van der Waals surface area contributed by atoms with Gasteiger partial charge in [0.15, 0.2) is 5.78 Å². The molecule has 0 fully saturated rings. The molecule has 0 saturated carbocycles. The molecule has 2 heteroatoms. The number of carbonyl (C=O) groups excluding carboxylic acids is 1. The molecule has 24 heavy (non-hydrogen) atoms. The van der Waals surface area contributed by atoms with Crippen LogP contribution in [0.5, 0.6) is 0 Å². The maximum atomic E-state index is 11.5. The molecule has 0 aromatic heterocycles. The van der Waals surface area contributed by atoms with Crippen molar-refractivity contribution in [3.8, 4) is 0 Å². The van der Waals surface area contributed by atoms with Crippen molar-refractivity contribution in [2.75, 3.05) is 0 Å². The van der Waals surface area contributed by atoms with Gasteiger partial charge in [-0.2, -0.15) is 0 Å². The van der Waals surface area contributed by atoms with Crippen molar-refractivity contribution in [1.29, 1.82) is 0 Å². The molecule has 1 atom stereocenters. The van der Waals surface area contributed by atoms with Crippen molar-refractivity contribution >= 4 is 13.9 Å². The van der Waals surface area contributed by atoms with Crippen LogP contribution in [0.2, 0.25) is 19.6 Å². The highest BCUT2D eigenvalue weighted by Gasteiger charge is 2.25. The van der Waals surface area contributed by atoms with E-state index < -0.39 is 8.07 Å². The molecule has 0 saturated heterocycles. The molecule has 2 aromatic rings. The summed E-state index contributed by atoms with van der Waals surface area (Å²) in [5.41, 5.74) is 3.99. The Bertz CT molecular complexity index is 678. The molecule has 126 valence electrons. The normalized spacial score (nSPS) is 13.2. The minimum absolute atomic E-state index is 0.129. The van der Waals surface area contributed by atoms with E-state index in [4.69, 9.17) is 0 Å². The fourth-order valence-corrected chi connectivity index (χ4v) is 4.86. The van der Waals surface area contributed by atoms with Gasteiger partial charge in [-0.15, -0.1) is 0 Å². The van der Waals surface area contributed by atoms with Crippen LogP contribution in [0.15, 0.2) is 66.7 Å². The Morgan fingerprint density at radius 3 is 2.17 bits per heavy atom. The summed E-state index contributed by atoms with van der Waals surface area (Å²) in [7, 11) is -1.37. The van der Waals surface area contributed by atoms with Crippen molar-refractivity contribution in [2.45, 2.75) is 44.9 Å². The van der Waals surface area contributed by atoms with E-state index in [9.17, 15) is 4.79 Å². The standard InChI is InChI=1S/C22H28OSi/c1-18(23)20-14-16-21(17-15-20)22(24(2,3)4)13-9-8-12-19-10-6-5-7-11-19/h5-7,9-11,13-17,22H,8,12H2,1-4H3/b13-9+. The van der Waals surface area contributed by atoms with Gasteiger partial charge in [0.1, 0.15) is 0 Å². The Labute approximate surface area is 147 Å². The van der Waals surface area contributed by atoms with E-state index in [0.29, 0.717) is 5.54 Å². The van der Waals surface area contributed by atoms with Crippen molar-refractivity contribution in [2.24, 2.45) is 0 Å². The molecule has 0 amide bonds. The van der Waals surface area contributed by atoms with E-state index in [-0.39, 0.29) is 5.78 Å².